The summed E-state index contributed by atoms with van der Waals surface area (Å²) in [6, 6.07) is 14.8. The molecule has 2 heterocycles. The number of halogens is 3. The summed E-state index contributed by atoms with van der Waals surface area (Å²) in [4.78, 5) is 9.88. The van der Waals surface area contributed by atoms with Gasteiger partial charge < -0.3 is 4.90 Å². The first kappa shape index (κ1) is 22.3. The molecular weight excluding hydrogens is 439 g/mol. The van der Waals surface area contributed by atoms with Crippen molar-refractivity contribution >= 4 is 15.7 Å². The molecular formula is C23H22F3N3O2S. The van der Waals surface area contributed by atoms with Gasteiger partial charge in [-0.05, 0) is 37.0 Å². The Morgan fingerprint density at radius 1 is 0.844 bits per heavy atom. The third-order valence-corrected chi connectivity index (χ3v) is 6.55. The van der Waals surface area contributed by atoms with Gasteiger partial charge in [-0.25, -0.2) is 18.4 Å². The fourth-order valence-electron chi connectivity index (χ4n) is 3.85. The summed E-state index contributed by atoms with van der Waals surface area (Å²) < 4.78 is 65.0. The molecule has 0 radical (unpaired) electrons. The third kappa shape index (κ3) is 4.62. The summed E-state index contributed by atoms with van der Waals surface area (Å²) in [7, 11) is -3.44. The van der Waals surface area contributed by atoms with E-state index < -0.39 is 21.8 Å². The Kier molecular flexibility index (Phi) is 5.94. The van der Waals surface area contributed by atoms with E-state index in [2.05, 4.69) is 9.97 Å². The SMILES string of the molecule is CS(=O)(=O)c1ccc(-c2nc(C(F)(F)F)nc(N3CCCCC3)c2-c2ccccc2)cc1. The molecule has 0 amide bonds. The number of piperidine rings is 1. The van der Waals surface area contributed by atoms with E-state index in [-0.39, 0.29) is 16.4 Å². The Morgan fingerprint density at radius 3 is 2.03 bits per heavy atom. The number of hydrogen-bond donors (Lipinski definition) is 0. The molecule has 0 saturated carbocycles. The molecule has 2 aromatic carbocycles. The highest BCUT2D eigenvalue weighted by Gasteiger charge is 2.37. The standard InChI is InChI=1S/C23H22F3N3O2S/c1-32(30,31)18-12-10-17(11-13-18)20-19(16-8-4-2-5-9-16)21(29-14-6-3-7-15-29)28-22(27-20)23(24,25)26/h2,4-5,8-13H,3,6-7,14-15H2,1H3. The lowest BCUT2D eigenvalue weighted by Gasteiger charge is -2.31. The number of sulfone groups is 1. The van der Waals surface area contributed by atoms with E-state index in [0.717, 1.165) is 25.5 Å². The Labute approximate surface area is 184 Å². The lowest BCUT2D eigenvalue weighted by atomic mass is 9.98. The van der Waals surface area contributed by atoms with E-state index in [4.69, 9.17) is 0 Å². The molecule has 0 unspecified atom stereocenters. The fourth-order valence-corrected chi connectivity index (χ4v) is 4.48. The molecule has 0 atom stereocenters. The number of benzene rings is 2. The van der Waals surface area contributed by atoms with Crippen LogP contribution in [0.2, 0.25) is 0 Å². The van der Waals surface area contributed by atoms with Crippen molar-refractivity contribution in [3.63, 3.8) is 0 Å². The molecule has 5 nitrogen and oxygen atoms in total. The van der Waals surface area contributed by atoms with Crippen molar-refractivity contribution in [1.82, 2.24) is 9.97 Å². The van der Waals surface area contributed by atoms with Crippen LogP contribution in [-0.2, 0) is 16.0 Å². The average Bonchev–Trinajstić information content (AvgIpc) is 2.78. The zero-order valence-corrected chi connectivity index (χ0v) is 18.2. The van der Waals surface area contributed by atoms with Crippen LogP contribution < -0.4 is 4.90 Å². The van der Waals surface area contributed by atoms with Crippen LogP contribution in [0.1, 0.15) is 25.1 Å². The maximum Gasteiger partial charge on any atom is 0.451 e. The van der Waals surface area contributed by atoms with E-state index >= 15 is 0 Å². The summed E-state index contributed by atoms with van der Waals surface area (Å²) in [5.41, 5.74) is 1.72. The highest BCUT2D eigenvalue weighted by atomic mass is 32.2. The minimum absolute atomic E-state index is 0.0869. The minimum Gasteiger partial charge on any atom is -0.356 e. The lowest BCUT2D eigenvalue weighted by molar-refractivity contribution is -0.144. The fraction of sp³-hybridized carbons (Fsp3) is 0.304. The van der Waals surface area contributed by atoms with Gasteiger partial charge in [0, 0.05) is 24.9 Å². The minimum atomic E-state index is -4.72. The first-order valence-corrected chi connectivity index (χ1v) is 12.1. The van der Waals surface area contributed by atoms with Crippen molar-refractivity contribution in [3.8, 4) is 22.4 Å². The average molecular weight is 462 g/mol. The van der Waals surface area contributed by atoms with Crippen LogP contribution in [0.4, 0.5) is 19.0 Å². The normalized spacial score (nSPS) is 15.1. The predicted molar refractivity (Wildman–Crippen MR) is 117 cm³/mol. The van der Waals surface area contributed by atoms with Gasteiger partial charge in [-0.1, -0.05) is 42.5 Å². The van der Waals surface area contributed by atoms with Crippen LogP contribution in [0.25, 0.3) is 22.4 Å². The van der Waals surface area contributed by atoms with Gasteiger partial charge in [-0.3, -0.25) is 0 Å². The Morgan fingerprint density at radius 2 is 1.47 bits per heavy atom. The Bertz CT molecular complexity index is 1210. The molecule has 9 heteroatoms. The smallest absolute Gasteiger partial charge is 0.356 e. The maximum absolute atomic E-state index is 13.8. The van der Waals surface area contributed by atoms with E-state index in [0.29, 0.717) is 29.8 Å². The first-order valence-electron chi connectivity index (χ1n) is 10.2. The predicted octanol–water partition coefficient (Wildman–Crippen LogP) is 5.22. The van der Waals surface area contributed by atoms with Gasteiger partial charge in [0.1, 0.15) is 5.82 Å². The first-order chi connectivity index (χ1) is 15.1. The van der Waals surface area contributed by atoms with Gasteiger partial charge in [0.15, 0.2) is 9.84 Å². The zero-order valence-electron chi connectivity index (χ0n) is 17.4. The summed E-state index contributed by atoms with van der Waals surface area (Å²) in [5, 5.41) is 0. The van der Waals surface area contributed by atoms with Gasteiger partial charge in [0.2, 0.25) is 5.82 Å². The topological polar surface area (TPSA) is 63.2 Å². The largest absolute Gasteiger partial charge is 0.451 e. The second-order valence-corrected chi connectivity index (χ2v) is 9.82. The van der Waals surface area contributed by atoms with Crippen LogP contribution in [0.5, 0.6) is 0 Å². The molecule has 4 rings (SSSR count). The second kappa shape index (κ2) is 8.54. The van der Waals surface area contributed by atoms with Crippen LogP contribution in [-0.4, -0.2) is 37.7 Å². The highest BCUT2D eigenvalue weighted by molar-refractivity contribution is 7.90. The summed E-state index contributed by atoms with van der Waals surface area (Å²) in [5.74, 6) is -0.958. The quantitative estimate of drug-likeness (QED) is 0.533. The van der Waals surface area contributed by atoms with Gasteiger partial charge in [0.25, 0.3) is 0 Å². The van der Waals surface area contributed by atoms with Gasteiger partial charge in [-0.15, -0.1) is 0 Å². The van der Waals surface area contributed by atoms with E-state index in [1.807, 2.05) is 35.2 Å². The van der Waals surface area contributed by atoms with E-state index in [1.165, 1.54) is 24.3 Å². The molecule has 3 aromatic rings. The number of rotatable bonds is 4. The van der Waals surface area contributed by atoms with Crippen LogP contribution >= 0.6 is 0 Å². The van der Waals surface area contributed by atoms with Gasteiger partial charge >= 0.3 is 6.18 Å². The lowest BCUT2D eigenvalue weighted by Crippen LogP contribution is -2.32. The second-order valence-electron chi connectivity index (χ2n) is 7.80. The highest BCUT2D eigenvalue weighted by Crippen LogP contribution is 2.41. The van der Waals surface area contributed by atoms with Crippen molar-refractivity contribution in [2.24, 2.45) is 0 Å². The molecule has 1 saturated heterocycles. The summed E-state index contributed by atoms with van der Waals surface area (Å²) in [6.45, 7) is 1.22. The summed E-state index contributed by atoms with van der Waals surface area (Å²) >= 11 is 0. The number of hydrogen-bond acceptors (Lipinski definition) is 5. The molecule has 32 heavy (non-hydrogen) atoms. The number of anilines is 1. The monoisotopic (exact) mass is 461 g/mol. The summed E-state index contributed by atoms with van der Waals surface area (Å²) in [6.07, 6.45) is -0.871. The van der Waals surface area contributed by atoms with Crippen molar-refractivity contribution in [2.45, 2.75) is 30.3 Å². The molecule has 0 bridgehead atoms. The third-order valence-electron chi connectivity index (χ3n) is 5.42. The maximum atomic E-state index is 13.8. The van der Waals surface area contributed by atoms with Crippen LogP contribution in [0.15, 0.2) is 59.5 Å². The molecule has 168 valence electrons. The Balaban J connectivity index is 2.00. The van der Waals surface area contributed by atoms with Crippen molar-refractivity contribution in [3.05, 3.63) is 60.4 Å². The molecule has 0 aliphatic carbocycles. The number of alkyl halides is 3. The van der Waals surface area contributed by atoms with Gasteiger partial charge in [0.05, 0.1) is 16.2 Å². The molecule has 1 fully saturated rings. The Hall–Kier alpha value is -2.94. The van der Waals surface area contributed by atoms with E-state index in [1.54, 1.807) is 0 Å². The molecule has 1 aromatic heterocycles. The zero-order chi connectivity index (χ0) is 22.9. The van der Waals surface area contributed by atoms with Crippen molar-refractivity contribution in [2.75, 3.05) is 24.2 Å². The van der Waals surface area contributed by atoms with E-state index in [9.17, 15) is 21.6 Å². The van der Waals surface area contributed by atoms with Crippen molar-refractivity contribution in [1.29, 1.82) is 0 Å². The molecule has 0 N–H and O–H groups in total. The molecule has 1 aliphatic rings. The number of nitrogens with zero attached hydrogens (tertiary/aromatic N) is 3. The number of aromatic nitrogens is 2. The van der Waals surface area contributed by atoms with Crippen LogP contribution in [0, 0.1) is 0 Å². The van der Waals surface area contributed by atoms with Crippen LogP contribution in [0.3, 0.4) is 0 Å². The van der Waals surface area contributed by atoms with Gasteiger partial charge in [-0.2, -0.15) is 13.2 Å². The molecule has 1 aliphatic heterocycles. The van der Waals surface area contributed by atoms with Crippen molar-refractivity contribution < 1.29 is 21.6 Å². The molecule has 0 spiro atoms.